The fraction of sp³-hybridized carbons (Fsp3) is 0.545. The number of benzene rings is 1. The highest BCUT2D eigenvalue weighted by Crippen LogP contribution is 2.30. The molecular formula is C22H34IN5O2. The van der Waals surface area contributed by atoms with E-state index in [-0.39, 0.29) is 30.0 Å². The maximum Gasteiger partial charge on any atom is 0.191 e. The molecule has 2 heterocycles. The van der Waals surface area contributed by atoms with Gasteiger partial charge in [0, 0.05) is 31.7 Å². The van der Waals surface area contributed by atoms with Crippen LogP contribution in [0.1, 0.15) is 42.8 Å². The van der Waals surface area contributed by atoms with E-state index in [1.807, 2.05) is 29.9 Å². The molecule has 1 atom stereocenters. The zero-order valence-electron chi connectivity index (χ0n) is 18.6. The number of aryl methyl sites for hydroxylation is 2. The normalized spacial score (nSPS) is 14.5. The van der Waals surface area contributed by atoms with Gasteiger partial charge in [0.1, 0.15) is 0 Å². The van der Waals surface area contributed by atoms with Crippen molar-refractivity contribution in [3.63, 3.8) is 0 Å². The van der Waals surface area contributed by atoms with E-state index in [1.54, 1.807) is 0 Å². The monoisotopic (exact) mass is 527 g/mol. The lowest BCUT2D eigenvalue weighted by atomic mass is 10.1. The number of hydrogen-bond acceptors (Lipinski definition) is 4. The molecule has 1 aromatic carbocycles. The van der Waals surface area contributed by atoms with Crippen LogP contribution in [0.15, 0.2) is 23.2 Å². The van der Waals surface area contributed by atoms with Crippen LogP contribution in [0.2, 0.25) is 0 Å². The molecule has 0 radical (unpaired) electrons. The van der Waals surface area contributed by atoms with Gasteiger partial charge in [-0.3, -0.25) is 4.68 Å². The SMILES string of the molecule is CCNC(=NCc1ccc2c(c1)OCCCO2)NC(C)Cc1c(C)nn(C)c1C.I. The molecule has 7 nitrogen and oxygen atoms in total. The summed E-state index contributed by atoms with van der Waals surface area (Å²) < 4.78 is 13.4. The molecule has 1 aromatic heterocycles. The highest BCUT2D eigenvalue weighted by molar-refractivity contribution is 14.0. The first-order valence-corrected chi connectivity index (χ1v) is 10.4. The summed E-state index contributed by atoms with van der Waals surface area (Å²) in [7, 11) is 1.99. The number of nitrogens with one attached hydrogen (secondary N) is 2. The Balaban J connectivity index is 0.00000320. The molecule has 1 unspecified atom stereocenters. The van der Waals surface area contributed by atoms with Crippen LogP contribution in [0.3, 0.4) is 0 Å². The van der Waals surface area contributed by atoms with Crippen molar-refractivity contribution in [1.29, 1.82) is 0 Å². The Hall–Kier alpha value is -1.97. The van der Waals surface area contributed by atoms with E-state index < -0.39 is 0 Å². The van der Waals surface area contributed by atoms with Crippen LogP contribution in [0.4, 0.5) is 0 Å². The lowest BCUT2D eigenvalue weighted by molar-refractivity contribution is 0.297. The molecule has 1 aliphatic rings. The number of hydrogen-bond donors (Lipinski definition) is 2. The summed E-state index contributed by atoms with van der Waals surface area (Å²) >= 11 is 0. The quantitative estimate of drug-likeness (QED) is 0.342. The van der Waals surface area contributed by atoms with Gasteiger partial charge in [0.05, 0.1) is 25.5 Å². The number of nitrogens with zero attached hydrogens (tertiary/aromatic N) is 3. The summed E-state index contributed by atoms with van der Waals surface area (Å²) in [4.78, 5) is 4.76. The van der Waals surface area contributed by atoms with Crippen molar-refractivity contribution in [3.05, 3.63) is 40.7 Å². The van der Waals surface area contributed by atoms with Crippen LogP contribution in [0.5, 0.6) is 11.5 Å². The fourth-order valence-electron chi connectivity index (χ4n) is 3.50. The molecule has 0 bridgehead atoms. The molecule has 30 heavy (non-hydrogen) atoms. The van der Waals surface area contributed by atoms with Crippen molar-refractivity contribution >= 4 is 29.9 Å². The first-order chi connectivity index (χ1) is 14.0. The van der Waals surface area contributed by atoms with Gasteiger partial charge in [-0.2, -0.15) is 5.10 Å². The molecule has 8 heteroatoms. The van der Waals surface area contributed by atoms with Gasteiger partial charge in [-0.05, 0) is 57.4 Å². The lowest BCUT2D eigenvalue weighted by Gasteiger charge is -2.18. The van der Waals surface area contributed by atoms with Crippen LogP contribution in [0, 0.1) is 13.8 Å². The second kappa shape index (κ2) is 11.4. The Kier molecular flexibility index (Phi) is 9.26. The van der Waals surface area contributed by atoms with Gasteiger partial charge in [-0.25, -0.2) is 4.99 Å². The number of ether oxygens (including phenoxy) is 2. The highest BCUT2D eigenvalue weighted by atomic mass is 127. The van der Waals surface area contributed by atoms with Gasteiger partial charge in [-0.15, -0.1) is 24.0 Å². The number of halogens is 1. The zero-order chi connectivity index (χ0) is 20.8. The zero-order valence-corrected chi connectivity index (χ0v) is 20.9. The van der Waals surface area contributed by atoms with E-state index in [0.717, 1.165) is 48.1 Å². The van der Waals surface area contributed by atoms with Crippen LogP contribution in [-0.2, 0) is 20.0 Å². The van der Waals surface area contributed by atoms with E-state index in [2.05, 4.69) is 43.4 Å². The van der Waals surface area contributed by atoms with Gasteiger partial charge < -0.3 is 20.1 Å². The molecule has 3 rings (SSSR count). The third kappa shape index (κ3) is 6.26. The van der Waals surface area contributed by atoms with Crippen LogP contribution in [0.25, 0.3) is 0 Å². The molecule has 0 aliphatic carbocycles. The van der Waals surface area contributed by atoms with Gasteiger partial charge in [0.2, 0.25) is 0 Å². The highest BCUT2D eigenvalue weighted by Gasteiger charge is 2.14. The Bertz CT molecular complexity index is 865. The summed E-state index contributed by atoms with van der Waals surface area (Å²) in [6.07, 6.45) is 1.81. The molecule has 0 saturated heterocycles. The molecule has 0 fully saturated rings. The van der Waals surface area contributed by atoms with E-state index in [9.17, 15) is 0 Å². The minimum absolute atomic E-state index is 0. The van der Waals surface area contributed by atoms with E-state index in [0.29, 0.717) is 19.8 Å². The van der Waals surface area contributed by atoms with Crippen molar-refractivity contribution in [2.24, 2.45) is 12.0 Å². The third-order valence-electron chi connectivity index (χ3n) is 5.13. The molecular weight excluding hydrogens is 493 g/mol. The number of fused-ring (bicyclic) bond motifs is 1. The number of guanidine groups is 1. The molecule has 2 aromatic rings. The van der Waals surface area contributed by atoms with Crippen molar-refractivity contribution in [2.75, 3.05) is 19.8 Å². The van der Waals surface area contributed by atoms with E-state index in [1.165, 1.54) is 11.3 Å². The number of aromatic nitrogens is 2. The second-order valence-electron chi connectivity index (χ2n) is 7.55. The predicted molar refractivity (Wildman–Crippen MR) is 131 cm³/mol. The number of rotatable bonds is 6. The largest absolute Gasteiger partial charge is 0.490 e. The topological polar surface area (TPSA) is 72.7 Å². The van der Waals surface area contributed by atoms with Crippen LogP contribution < -0.4 is 20.1 Å². The molecule has 1 aliphatic heterocycles. The van der Waals surface area contributed by atoms with E-state index >= 15 is 0 Å². The maximum absolute atomic E-state index is 5.79. The van der Waals surface area contributed by atoms with Gasteiger partial charge >= 0.3 is 0 Å². The van der Waals surface area contributed by atoms with Gasteiger partial charge in [0.15, 0.2) is 17.5 Å². The standard InChI is InChI=1S/C22H33N5O2.HI/c1-6-23-22(25-15(2)12-19-16(3)26-27(5)17(19)4)24-14-18-8-9-20-21(13-18)29-11-7-10-28-20;/h8-9,13,15H,6-7,10-12,14H2,1-5H3,(H2,23,24,25);1H. The molecule has 166 valence electrons. The Morgan fingerprint density at radius 1 is 1.23 bits per heavy atom. The summed E-state index contributed by atoms with van der Waals surface area (Å²) in [5.41, 5.74) is 4.70. The minimum atomic E-state index is 0. The smallest absolute Gasteiger partial charge is 0.191 e. The first-order valence-electron chi connectivity index (χ1n) is 10.4. The van der Waals surface area contributed by atoms with Crippen LogP contribution in [-0.4, -0.2) is 41.5 Å². The summed E-state index contributed by atoms with van der Waals surface area (Å²) in [6, 6.07) is 6.28. The fourth-order valence-corrected chi connectivity index (χ4v) is 3.50. The van der Waals surface area contributed by atoms with Crippen LogP contribution >= 0.6 is 24.0 Å². The van der Waals surface area contributed by atoms with Gasteiger partial charge in [-0.1, -0.05) is 6.07 Å². The summed E-state index contributed by atoms with van der Waals surface area (Å²) in [5.74, 6) is 2.44. The maximum atomic E-state index is 5.79. The Morgan fingerprint density at radius 3 is 2.63 bits per heavy atom. The second-order valence-corrected chi connectivity index (χ2v) is 7.55. The van der Waals surface area contributed by atoms with Crippen molar-refractivity contribution in [3.8, 4) is 11.5 Å². The van der Waals surface area contributed by atoms with Gasteiger partial charge in [0.25, 0.3) is 0 Å². The Morgan fingerprint density at radius 2 is 1.97 bits per heavy atom. The summed E-state index contributed by atoms with van der Waals surface area (Å²) in [5, 5.41) is 11.4. The molecule has 0 saturated carbocycles. The molecule has 0 amide bonds. The summed E-state index contributed by atoms with van der Waals surface area (Å²) in [6.45, 7) is 11.2. The molecule has 0 spiro atoms. The van der Waals surface area contributed by atoms with Crippen molar-refractivity contribution < 1.29 is 9.47 Å². The molecule has 2 N–H and O–H groups in total. The lowest BCUT2D eigenvalue weighted by Crippen LogP contribution is -2.43. The average molecular weight is 527 g/mol. The minimum Gasteiger partial charge on any atom is -0.490 e. The van der Waals surface area contributed by atoms with Crippen molar-refractivity contribution in [2.45, 2.75) is 53.1 Å². The Labute approximate surface area is 196 Å². The first kappa shape index (κ1) is 24.3. The number of aliphatic imine (C=N–C) groups is 1. The van der Waals surface area contributed by atoms with E-state index in [4.69, 9.17) is 14.5 Å². The third-order valence-corrected chi connectivity index (χ3v) is 5.13. The average Bonchev–Trinajstić information content (AvgIpc) is 2.87. The van der Waals surface area contributed by atoms with Crippen molar-refractivity contribution in [1.82, 2.24) is 20.4 Å². The predicted octanol–water partition coefficient (Wildman–Crippen LogP) is 3.50.